The molecule has 0 aliphatic carbocycles. The van der Waals surface area contributed by atoms with Gasteiger partial charge in [0.2, 0.25) is 0 Å². The molecule has 0 saturated heterocycles. The van der Waals surface area contributed by atoms with Crippen molar-refractivity contribution >= 4 is 39.5 Å². The summed E-state index contributed by atoms with van der Waals surface area (Å²) in [6, 6.07) is 19.7. The summed E-state index contributed by atoms with van der Waals surface area (Å²) in [5, 5.41) is 2.40. The number of halogens is 1. The van der Waals surface area contributed by atoms with Crippen LogP contribution in [-0.4, -0.2) is 5.97 Å². The Morgan fingerprint density at radius 2 is 1.70 bits per heavy atom. The molecule has 4 rings (SSSR count). The predicted octanol–water partition coefficient (Wildman–Crippen LogP) is 5.46. The fourth-order valence-corrected chi connectivity index (χ4v) is 2.74. The van der Waals surface area contributed by atoms with E-state index < -0.39 is 5.97 Å². The first kappa shape index (κ1) is 13.9. The van der Waals surface area contributed by atoms with Crippen LogP contribution in [0.4, 0.5) is 0 Å². The number of ether oxygens (including phenoxy) is 1. The largest absolute Gasteiger partial charge is 0.456 e. The van der Waals surface area contributed by atoms with E-state index in [2.05, 4.69) is 0 Å². The van der Waals surface area contributed by atoms with Crippen molar-refractivity contribution in [1.29, 1.82) is 0 Å². The van der Waals surface area contributed by atoms with Gasteiger partial charge in [0.25, 0.3) is 0 Å². The van der Waals surface area contributed by atoms with Gasteiger partial charge < -0.3 is 9.15 Å². The van der Waals surface area contributed by atoms with Crippen LogP contribution in [0, 0.1) is 0 Å². The van der Waals surface area contributed by atoms with E-state index in [0.29, 0.717) is 16.3 Å². The first-order chi connectivity index (χ1) is 11.2. The third-order valence-electron chi connectivity index (χ3n) is 3.62. The summed E-state index contributed by atoms with van der Waals surface area (Å²) in [5.74, 6) is 0.0219. The fraction of sp³-hybridized carbons (Fsp3) is 0. The minimum atomic E-state index is -0.445. The Bertz CT molecular complexity index is 1030. The van der Waals surface area contributed by atoms with Crippen molar-refractivity contribution in [3.8, 4) is 5.75 Å². The number of hydrogen-bond acceptors (Lipinski definition) is 3. The molecule has 23 heavy (non-hydrogen) atoms. The first-order valence-electron chi connectivity index (χ1n) is 7.10. The summed E-state index contributed by atoms with van der Waals surface area (Å²) in [5.41, 5.74) is 1.98. The molecule has 0 spiro atoms. The van der Waals surface area contributed by atoms with Gasteiger partial charge in [-0.1, -0.05) is 35.9 Å². The van der Waals surface area contributed by atoms with Gasteiger partial charge in [0, 0.05) is 15.8 Å². The molecule has 3 aromatic carbocycles. The van der Waals surface area contributed by atoms with Crippen molar-refractivity contribution in [3.05, 3.63) is 77.3 Å². The lowest BCUT2D eigenvalue weighted by Gasteiger charge is -2.04. The number of para-hydroxylation sites is 1. The van der Waals surface area contributed by atoms with Crippen LogP contribution in [-0.2, 0) is 0 Å². The summed E-state index contributed by atoms with van der Waals surface area (Å²) >= 11 is 5.90. The molecule has 0 atom stereocenters. The number of hydrogen-bond donors (Lipinski definition) is 0. The molecule has 1 heterocycles. The monoisotopic (exact) mass is 322 g/mol. The first-order valence-corrected chi connectivity index (χ1v) is 7.47. The smallest absolute Gasteiger partial charge is 0.343 e. The molecule has 3 nitrogen and oxygen atoms in total. The third kappa shape index (κ3) is 2.56. The maximum absolute atomic E-state index is 12.2. The predicted molar refractivity (Wildman–Crippen MR) is 90.1 cm³/mol. The second-order valence-corrected chi connectivity index (χ2v) is 5.59. The molecular formula is C19H11ClO3. The molecule has 0 saturated carbocycles. The van der Waals surface area contributed by atoms with Crippen LogP contribution < -0.4 is 4.74 Å². The van der Waals surface area contributed by atoms with E-state index in [-0.39, 0.29) is 0 Å². The molecule has 0 aliphatic rings. The van der Waals surface area contributed by atoms with Gasteiger partial charge in [0.05, 0.1) is 5.56 Å². The molecule has 112 valence electrons. The van der Waals surface area contributed by atoms with Gasteiger partial charge in [-0.25, -0.2) is 4.79 Å². The van der Waals surface area contributed by atoms with E-state index in [1.807, 2.05) is 30.3 Å². The van der Waals surface area contributed by atoms with Gasteiger partial charge in [-0.3, -0.25) is 0 Å². The van der Waals surface area contributed by atoms with Gasteiger partial charge >= 0.3 is 5.97 Å². The number of fused-ring (bicyclic) bond motifs is 3. The van der Waals surface area contributed by atoms with Crippen molar-refractivity contribution < 1.29 is 13.9 Å². The number of carbonyl (C=O) groups is 1. The average Bonchev–Trinajstić information content (AvgIpc) is 2.93. The van der Waals surface area contributed by atoms with E-state index in [9.17, 15) is 4.79 Å². The van der Waals surface area contributed by atoms with Crippen molar-refractivity contribution in [2.45, 2.75) is 0 Å². The Hall–Kier alpha value is -2.78. The van der Waals surface area contributed by atoms with E-state index >= 15 is 0 Å². The normalized spacial score (nSPS) is 11.0. The molecule has 0 fully saturated rings. The molecule has 0 unspecified atom stereocenters. The number of rotatable bonds is 2. The quantitative estimate of drug-likeness (QED) is 0.363. The Morgan fingerprint density at radius 3 is 2.57 bits per heavy atom. The summed E-state index contributed by atoms with van der Waals surface area (Å²) in [6.07, 6.45) is 0. The minimum Gasteiger partial charge on any atom is -0.456 e. The number of furan rings is 1. The summed E-state index contributed by atoms with van der Waals surface area (Å²) < 4.78 is 11.2. The second kappa shape index (κ2) is 5.45. The molecule has 0 amide bonds. The summed E-state index contributed by atoms with van der Waals surface area (Å²) in [4.78, 5) is 12.2. The fourth-order valence-electron chi connectivity index (χ4n) is 2.55. The second-order valence-electron chi connectivity index (χ2n) is 5.16. The summed E-state index contributed by atoms with van der Waals surface area (Å²) in [6.45, 7) is 0. The van der Waals surface area contributed by atoms with Crippen LogP contribution in [0.25, 0.3) is 21.9 Å². The SMILES string of the molecule is O=C(Oc1ccc2oc3ccccc3c2c1)c1cccc(Cl)c1. The number of carbonyl (C=O) groups excluding carboxylic acids is 1. The molecule has 0 bridgehead atoms. The van der Waals surface area contributed by atoms with Crippen LogP contribution >= 0.6 is 11.6 Å². The molecule has 0 radical (unpaired) electrons. The lowest BCUT2D eigenvalue weighted by Crippen LogP contribution is -2.08. The maximum Gasteiger partial charge on any atom is 0.343 e. The van der Waals surface area contributed by atoms with Gasteiger partial charge in [0.15, 0.2) is 0 Å². The van der Waals surface area contributed by atoms with Crippen molar-refractivity contribution in [2.75, 3.05) is 0 Å². The van der Waals surface area contributed by atoms with Crippen LogP contribution in [0.15, 0.2) is 71.1 Å². The highest BCUT2D eigenvalue weighted by Crippen LogP contribution is 2.31. The Labute approximate surface area is 137 Å². The zero-order valence-corrected chi connectivity index (χ0v) is 12.7. The molecule has 4 aromatic rings. The Balaban J connectivity index is 1.71. The van der Waals surface area contributed by atoms with Crippen LogP contribution in [0.3, 0.4) is 0 Å². The molecule has 0 aliphatic heterocycles. The molecule has 0 N–H and O–H groups in total. The van der Waals surface area contributed by atoms with Crippen LogP contribution in [0.1, 0.15) is 10.4 Å². The van der Waals surface area contributed by atoms with Crippen molar-refractivity contribution in [2.24, 2.45) is 0 Å². The van der Waals surface area contributed by atoms with Crippen LogP contribution in [0.2, 0.25) is 5.02 Å². The number of esters is 1. The van der Waals surface area contributed by atoms with Gasteiger partial charge in [-0.05, 0) is 42.5 Å². The van der Waals surface area contributed by atoms with Crippen LogP contribution in [0.5, 0.6) is 5.75 Å². The van der Waals surface area contributed by atoms with E-state index in [1.54, 1.807) is 36.4 Å². The zero-order chi connectivity index (χ0) is 15.8. The van der Waals surface area contributed by atoms with Crippen molar-refractivity contribution in [1.82, 2.24) is 0 Å². The van der Waals surface area contributed by atoms with Gasteiger partial charge in [-0.15, -0.1) is 0 Å². The zero-order valence-electron chi connectivity index (χ0n) is 12.0. The summed E-state index contributed by atoms with van der Waals surface area (Å²) in [7, 11) is 0. The minimum absolute atomic E-state index is 0.412. The Kier molecular flexibility index (Phi) is 3.28. The van der Waals surface area contributed by atoms with Crippen molar-refractivity contribution in [3.63, 3.8) is 0 Å². The van der Waals surface area contributed by atoms with Gasteiger partial charge in [-0.2, -0.15) is 0 Å². The highest BCUT2D eigenvalue weighted by molar-refractivity contribution is 6.30. The standard InChI is InChI=1S/C19H11ClO3/c20-13-5-3-4-12(10-13)19(21)22-14-8-9-18-16(11-14)15-6-1-2-7-17(15)23-18/h1-11H. The highest BCUT2D eigenvalue weighted by atomic mass is 35.5. The Morgan fingerprint density at radius 1 is 0.870 bits per heavy atom. The lowest BCUT2D eigenvalue weighted by atomic mass is 10.1. The average molecular weight is 323 g/mol. The third-order valence-corrected chi connectivity index (χ3v) is 3.85. The van der Waals surface area contributed by atoms with Gasteiger partial charge in [0.1, 0.15) is 16.9 Å². The van der Waals surface area contributed by atoms with E-state index in [1.165, 1.54) is 0 Å². The maximum atomic E-state index is 12.2. The molecule has 1 aromatic heterocycles. The lowest BCUT2D eigenvalue weighted by molar-refractivity contribution is 0.0735. The topological polar surface area (TPSA) is 39.4 Å². The molecule has 4 heteroatoms. The number of benzene rings is 3. The van der Waals surface area contributed by atoms with E-state index in [4.69, 9.17) is 20.8 Å². The van der Waals surface area contributed by atoms with E-state index in [0.717, 1.165) is 21.9 Å². The highest BCUT2D eigenvalue weighted by Gasteiger charge is 2.12. The molecular weight excluding hydrogens is 312 g/mol.